The Morgan fingerprint density at radius 2 is 2.19 bits per heavy atom. The third-order valence-corrected chi connectivity index (χ3v) is 3.85. The van der Waals surface area contributed by atoms with E-state index in [1.165, 1.54) is 37.2 Å². The van der Waals surface area contributed by atoms with Gasteiger partial charge in [0.1, 0.15) is 0 Å². The number of nitrogens with zero attached hydrogens (tertiary/aromatic N) is 2. The molecule has 0 amide bonds. The molecule has 1 aromatic heterocycles. The molecule has 1 saturated heterocycles. The van der Waals surface area contributed by atoms with Gasteiger partial charge in [-0.2, -0.15) is 0 Å². The molecule has 2 heterocycles. The van der Waals surface area contributed by atoms with Gasteiger partial charge in [0, 0.05) is 24.2 Å². The fourth-order valence-electron chi connectivity index (χ4n) is 2.03. The molecule has 0 aromatic carbocycles. The summed E-state index contributed by atoms with van der Waals surface area (Å²) >= 11 is 1.80. The third-order valence-electron chi connectivity index (χ3n) is 2.91. The number of thiazole rings is 1. The second-order valence-electron chi connectivity index (χ2n) is 4.40. The van der Waals surface area contributed by atoms with E-state index < -0.39 is 0 Å². The van der Waals surface area contributed by atoms with Crippen LogP contribution in [0.15, 0.2) is 6.20 Å². The first-order valence-electron chi connectivity index (χ1n) is 6.29. The Hall–Kier alpha value is -0.610. The first-order chi connectivity index (χ1) is 7.88. The molecule has 0 radical (unpaired) electrons. The Kier molecular flexibility index (Phi) is 4.60. The minimum atomic E-state index is 1.02. The molecule has 90 valence electrons. The van der Waals surface area contributed by atoms with Crippen LogP contribution in [0.25, 0.3) is 0 Å². The highest BCUT2D eigenvalue weighted by atomic mass is 32.1. The zero-order valence-corrected chi connectivity index (χ0v) is 10.9. The first-order valence-corrected chi connectivity index (χ1v) is 7.11. The van der Waals surface area contributed by atoms with Crippen LogP contribution >= 0.6 is 11.3 Å². The van der Waals surface area contributed by atoms with E-state index >= 15 is 0 Å². The van der Waals surface area contributed by atoms with Crippen LogP contribution in [0, 0.1) is 0 Å². The number of likely N-dealkylation sites (tertiary alicyclic amines) is 1. The molecule has 0 saturated carbocycles. The smallest absolute Gasteiger partial charge is 0.182 e. The van der Waals surface area contributed by atoms with Gasteiger partial charge >= 0.3 is 0 Å². The molecule has 1 aliphatic rings. The SMILES string of the molecule is CCCNc1ncc(CN2CCCCC2)s1. The highest BCUT2D eigenvalue weighted by molar-refractivity contribution is 7.15. The van der Waals surface area contributed by atoms with Crippen LogP contribution in [0.4, 0.5) is 5.13 Å². The van der Waals surface area contributed by atoms with E-state index in [1.54, 1.807) is 11.3 Å². The minimum absolute atomic E-state index is 1.02. The summed E-state index contributed by atoms with van der Waals surface area (Å²) in [6, 6.07) is 0. The lowest BCUT2D eigenvalue weighted by Crippen LogP contribution is -2.28. The Balaban J connectivity index is 1.81. The minimum Gasteiger partial charge on any atom is -0.362 e. The van der Waals surface area contributed by atoms with Crippen molar-refractivity contribution in [3.05, 3.63) is 11.1 Å². The molecule has 16 heavy (non-hydrogen) atoms. The molecule has 0 unspecified atom stereocenters. The monoisotopic (exact) mass is 239 g/mol. The highest BCUT2D eigenvalue weighted by Gasteiger charge is 2.11. The molecule has 0 atom stereocenters. The van der Waals surface area contributed by atoms with Gasteiger partial charge in [-0.1, -0.05) is 13.3 Å². The van der Waals surface area contributed by atoms with Crippen molar-refractivity contribution in [1.82, 2.24) is 9.88 Å². The van der Waals surface area contributed by atoms with Crippen molar-refractivity contribution in [3.63, 3.8) is 0 Å². The Morgan fingerprint density at radius 1 is 1.38 bits per heavy atom. The number of rotatable bonds is 5. The van der Waals surface area contributed by atoms with Crippen LogP contribution in [0.2, 0.25) is 0 Å². The molecule has 0 spiro atoms. The van der Waals surface area contributed by atoms with Gasteiger partial charge in [0.2, 0.25) is 0 Å². The quantitative estimate of drug-likeness (QED) is 0.856. The summed E-state index contributed by atoms with van der Waals surface area (Å²) in [6.07, 6.45) is 7.31. The number of nitrogens with one attached hydrogen (secondary N) is 1. The molecule has 1 N–H and O–H groups in total. The van der Waals surface area contributed by atoms with Crippen molar-refractivity contribution in [2.24, 2.45) is 0 Å². The summed E-state index contributed by atoms with van der Waals surface area (Å²) in [5.74, 6) is 0. The van der Waals surface area contributed by atoms with Gasteiger partial charge in [0.25, 0.3) is 0 Å². The van der Waals surface area contributed by atoms with Crippen molar-refractivity contribution in [3.8, 4) is 0 Å². The van der Waals surface area contributed by atoms with Crippen molar-refractivity contribution in [2.45, 2.75) is 39.2 Å². The van der Waals surface area contributed by atoms with Gasteiger partial charge in [-0.25, -0.2) is 4.98 Å². The summed E-state index contributed by atoms with van der Waals surface area (Å²) in [7, 11) is 0. The van der Waals surface area contributed by atoms with Gasteiger partial charge in [-0.3, -0.25) is 4.90 Å². The average molecular weight is 239 g/mol. The number of aromatic nitrogens is 1. The zero-order valence-electron chi connectivity index (χ0n) is 10.0. The fraction of sp³-hybridized carbons (Fsp3) is 0.750. The van der Waals surface area contributed by atoms with E-state index in [1.807, 2.05) is 6.20 Å². The van der Waals surface area contributed by atoms with E-state index in [9.17, 15) is 0 Å². The van der Waals surface area contributed by atoms with Gasteiger partial charge in [0.15, 0.2) is 5.13 Å². The summed E-state index contributed by atoms with van der Waals surface area (Å²) in [4.78, 5) is 8.33. The number of hydrogen-bond acceptors (Lipinski definition) is 4. The molecule has 2 rings (SSSR count). The lowest BCUT2D eigenvalue weighted by atomic mass is 10.1. The topological polar surface area (TPSA) is 28.2 Å². The molecular formula is C12H21N3S. The second-order valence-corrected chi connectivity index (χ2v) is 5.51. The van der Waals surface area contributed by atoms with E-state index in [2.05, 4.69) is 22.1 Å². The Morgan fingerprint density at radius 3 is 2.94 bits per heavy atom. The largest absolute Gasteiger partial charge is 0.362 e. The maximum Gasteiger partial charge on any atom is 0.182 e. The Bertz CT molecular complexity index is 305. The predicted molar refractivity (Wildman–Crippen MR) is 70.0 cm³/mol. The van der Waals surface area contributed by atoms with Gasteiger partial charge in [-0.05, 0) is 32.4 Å². The molecular weight excluding hydrogens is 218 g/mol. The van der Waals surface area contributed by atoms with Crippen LogP contribution in [0.1, 0.15) is 37.5 Å². The number of anilines is 1. The molecule has 0 aliphatic carbocycles. The molecule has 1 aliphatic heterocycles. The van der Waals surface area contributed by atoms with E-state index in [4.69, 9.17) is 0 Å². The van der Waals surface area contributed by atoms with Crippen molar-refractivity contribution >= 4 is 16.5 Å². The van der Waals surface area contributed by atoms with Gasteiger partial charge in [-0.15, -0.1) is 11.3 Å². The summed E-state index contributed by atoms with van der Waals surface area (Å²) in [5, 5.41) is 4.42. The number of piperidine rings is 1. The lowest BCUT2D eigenvalue weighted by molar-refractivity contribution is 0.222. The summed E-state index contributed by atoms with van der Waals surface area (Å²) in [6.45, 7) is 6.81. The zero-order chi connectivity index (χ0) is 11.2. The highest BCUT2D eigenvalue weighted by Crippen LogP contribution is 2.21. The van der Waals surface area contributed by atoms with Crippen molar-refractivity contribution < 1.29 is 0 Å². The summed E-state index contributed by atoms with van der Waals surface area (Å²) in [5.41, 5.74) is 0. The van der Waals surface area contributed by atoms with E-state index in [-0.39, 0.29) is 0 Å². The first kappa shape index (κ1) is 11.9. The third kappa shape index (κ3) is 3.46. The van der Waals surface area contributed by atoms with Crippen LogP contribution in [-0.4, -0.2) is 29.5 Å². The molecule has 4 heteroatoms. The van der Waals surface area contributed by atoms with Crippen molar-refractivity contribution in [1.29, 1.82) is 0 Å². The second kappa shape index (κ2) is 6.21. The van der Waals surface area contributed by atoms with Gasteiger partial charge in [0.05, 0.1) is 0 Å². The maximum absolute atomic E-state index is 4.40. The molecule has 0 bridgehead atoms. The lowest BCUT2D eigenvalue weighted by Gasteiger charge is -2.25. The van der Waals surface area contributed by atoms with Crippen LogP contribution in [0.5, 0.6) is 0 Å². The predicted octanol–water partition coefficient (Wildman–Crippen LogP) is 2.95. The van der Waals surface area contributed by atoms with Crippen LogP contribution in [-0.2, 0) is 6.54 Å². The van der Waals surface area contributed by atoms with E-state index in [0.717, 1.165) is 24.6 Å². The number of hydrogen-bond donors (Lipinski definition) is 1. The fourth-order valence-corrected chi connectivity index (χ4v) is 2.91. The average Bonchev–Trinajstić information content (AvgIpc) is 2.75. The van der Waals surface area contributed by atoms with Gasteiger partial charge < -0.3 is 5.32 Å². The standard InChI is InChI=1S/C12H21N3S/c1-2-6-13-12-14-9-11(16-12)10-15-7-4-3-5-8-15/h9H,2-8,10H2,1H3,(H,13,14). The maximum atomic E-state index is 4.40. The van der Waals surface area contributed by atoms with E-state index in [0.29, 0.717) is 0 Å². The Labute approximate surface area is 102 Å². The van der Waals surface area contributed by atoms with Crippen molar-refractivity contribution in [2.75, 3.05) is 25.0 Å². The summed E-state index contributed by atoms with van der Waals surface area (Å²) < 4.78 is 0. The molecule has 1 fully saturated rings. The normalized spacial score (nSPS) is 17.6. The molecule has 3 nitrogen and oxygen atoms in total. The van der Waals surface area contributed by atoms with Crippen LogP contribution in [0.3, 0.4) is 0 Å². The van der Waals surface area contributed by atoms with Crippen LogP contribution < -0.4 is 5.32 Å². The molecule has 1 aromatic rings.